The number of hydrogen-bond donors (Lipinski definition) is 0. The summed E-state index contributed by atoms with van der Waals surface area (Å²) in [6.45, 7) is 18.3. The van der Waals surface area contributed by atoms with Crippen LogP contribution < -0.4 is 0 Å². The third-order valence-corrected chi connectivity index (χ3v) is 11.6. The summed E-state index contributed by atoms with van der Waals surface area (Å²) in [5.74, 6) is 0. The van der Waals surface area contributed by atoms with Crippen LogP contribution in [0.1, 0.15) is 57.7 Å². The molecule has 5 nitrogen and oxygen atoms in total. The molecule has 2 aliphatic rings. The second-order valence-corrected chi connectivity index (χ2v) is 15.3. The Morgan fingerprint density at radius 3 is 2.53 bits per heavy atom. The van der Waals surface area contributed by atoms with Gasteiger partial charge in [0, 0.05) is 12.1 Å². The van der Waals surface area contributed by atoms with E-state index < -0.39 is 8.32 Å². The second-order valence-electron chi connectivity index (χ2n) is 10.2. The van der Waals surface area contributed by atoms with Crippen molar-refractivity contribution in [3.05, 3.63) is 33.8 Å². The fourth-order valence-corrected chi connectivity index (χ4v) is 5.55. The fourth-order valence-electron chi connectivity index (χ4n) is 3.97. The molecule has 1 aromatic rings. The molecular formula is C23H34ClN3O2Si. The van der Waals surface area contributed by atoms with Crippen molar-refractivity contribution in [1.29, 1.82) is 5.26 Å². The SMILES string of the molecule is Cc1c(C2=NN3CC[C@H](O[Si](C)(C)C(C)(C)C)[C@H]3[C@@H]2OC(C)C)ccc(C#N)c1Cl. The van der Waals surface area contributed by atoms with Gasteiger partial charge >= 0.3 is 0 Å². The average molecular weight is 448 g/mol. The summed E-state index contributed by atoms with van der Waals surface area (Å²) >= 11 is 6.47. The molecule has 3 rings (SSSR count). The minimum absolute atomic E-state index is 0.0587. The molecule has 3 atom stereocenters. The number of ether oxygens (including phenoxy) is 1. The molecule has 7 heteroatoms. The van der Waals surface area contributed by atoms with Crippen molar-refractivity contribution in [1.82, 2.24) is 5.01 Å². The first-order chi connectivity index (χ1) is 13.9. The van der Waals surface area contributed by atoms with Crippen LogP contribution in [0, 0.1) is 18.3 Å². The molecule has 0 amide bonds. The largest absolute Gasteiger partial charge is 0.412 e. The van der Waals surface area contributed by atoms with Crippen LogP contribution in [0.25, 0.3) is 0 Å². The minimum Gasteiger partial charge on any atom is -0.412 e. The molecule has 0 saturated carbocycles. The van der Waals surface area contributed by atoms with Gasteiger partial charge in [-0.05, 0) is 57.0 Å². The van der Waals surface area contributed by atoms with Crippen LogP contribution in [0.5, 0.6) is 0 Å². The number of benzene rings is 1. The van der Waals surface area contributed by atoms with E-state index in [1.165, 1.54) is 0 Å². The first-order valence-electron chi connectivity index (χ1n) is 10.8. The lowest BCUT2D eigenvalue weighted by Crippen LogP contribution is -2.50. The van der Waals surface area contributed by atoms with Gasteiger partial charge in [-0.15, -0.1) is 0 Å². The van der Waals surface area contributed by atoms with Gasteiger partial charge in [-0.2, -0.15) is 10.4 Å². The van der Waals surface area contributed by atoms with Crippen LogP contribution in [0.15, 0.2) is 17.2 Å². The lowest BCUT2D eigenvalue weighted by molar-refractivity contribution is -0.0105. The van der Waals surface area contributed by atoms with Crippen LogP contribution in [-0.2, 0) is 9.16 Å². The lowest BCUT2D eigenvalue weighted by atomic mass is 9.94. The fraction of sp³-hybridized carbons (Fsp3) is 0.652. The summed E-state index contributed by atoms with van der Waals surface area (Å²) in [6.07, 6.45) is 0.914. The van der Waals surface area contributed by atoms with Gasteiger partial charge in [0.05, 0.1) is 28.5 Å². The Labute approximate surface area is 187 Å². The van der Waals surface area contributed by atoms with E-state index >= 15 is 0 Å². The highest BCUT2D eigenvalue weighted by molar-refractivity contribution is 6.74. The zero-order valence-corrected chi connectivity index (χ0v) is 21.2. The number of nitriles is 1. The number of nitrogens with zero attached hydrogens (tertiary/aromatic N) is 3. The van der Waals surface area contributed by atoms with Crippen molar-refractivity contribution >= 4 is 25.6 Å². The lowest BCUT2D eigenvalue weighted by Gasteiger charge is -2.40. The summed E-state index contributed by atoms with van der Waals surface area (Å²) in [4.78, 5) is 0. The summed E-state index contributed by atoms with van der Waals surface area (Å²) in [7, 11) is -1.92. The summed E-state index contributed by atoms with van der Waals surface area (Å²) in [5, 5.41) is 17.1. The molecule has 0 bridgehead atoms. The smallest absolute Gasteiger partial charge is 0.192 e. The standard InChI is InChI=1S/C23H34ClN3O2Si/c1-14(2)28-22-20(17-10-9-16(13-25)19(24)15(17)3)26-27-12-11-18(21(22)27)29-30(7,8)23(4,5)6/h9-10,14,18,21-22H,11-12H2,1-8H3/t18-,21-,22+/m0/s1. The van der Waals surface area contributed by atoms with Gasteiger partial charge in [-0.25, -0.2) is 0 Å². The topological polar surface area (TPSA) is 57.9 Å². The van der Waals surface area contributed by atoms with E-state index in [4.69, 9.17) is 25.9 Å². The molecule has 0 radical (unpaired) electrons. The molecule has 0 aromatic heterocycles. The van der Waals surface area contributed by atoms with Gasteiger partial charge in [0.2, 0.25) is 0 Å². The van der Waals surface area contributed by atoms with Crippen LogP contribution in [-0.4, -0.2) is 49.9 Å². The summed E-state index contributed by atoms with van der Waals surface area (Å²) in [6, 6.07) is 5.93. The molecular weight excluding hydrogens is 414 g/mol. The monoisotopic (exact) mass is 447 g/mol. The highest BCUT2D eigenvalue weighted by atomic mass is 35.5. The Morgan fingerprint density at radius 2 is 1.97 bits per heavy atom. The quantitative estimate of drug-likeness (QED) is 0.559. The molecule has 2 heterocycles. The maximum atomic E-state index is 9.30. The van der Waals surface area contributed by atoms with E-state index in [1.54, 1.807) is 6.07 Å². The number of fused-ring (bicyclic) bond motifs is 1. The van der Waals surface area contributed by atoms with E-state index in [2.05, 4.69) is 58.8 Å². The molecule has 1 aromatic carbocycles. The third kappa shape index (κ3) is 4.18. The van der Waals surface area contributed by atoms with Gasteiger partial charge in [0.1, 0.15) is 18.2 Å². The van der Waals surface area contributed by atoms with E-state index in [1.807, 2.05) is 13.0 Å². The number of halogens is 1. The van der Waals surface area contributed by atoms with Crippen molar-refractivity contribution in [3.63, 3.8) is 0 Å². The van der Waals surface area contributed by atoms with Crippen LogP contribution in [0.3, 0.4) is 0 Å². The first-order valence-corrected chi connectivity index (χ1v) is 14.0. The van der Waals surface area contributed by atoms with Crippen molar-refractivity contribution in [2.24, 2.45) is 5.10 Å². The maximum absolute atomic E-state index is 9.30. The van der Waals surface area contributed by atoms with Gasteiger partial charge < -0.3 is 9.16 Å². The Kier molecular flexibility index (Phi) is 6.42. The molecule has 2 aliphatic heterocycles. The molecule has 0 aliphatic carbocycles. The Morgan fingerprint density at radius 1 is 1.30 bits per heavy atom. The normalized spacial score (nSPS) is 24.2. The molecule has 1 saturated heterocycles. The van der Waals surface area contributed by atoms with Gasteiger partial charge in [-0.3, -0.25) is 5.01 Å². The van der Waals surface area contributed by atoms with E-state index in [0.29, 0.717) is 10.6 Å². The predicted octanol–water partition coefficient (Wildman–Crippen LogP) is 5.50. The van der Waals surface area contributed by atoms with Gasteiger partial charge in [0.15, 0.2) is 8.32 Å². The number of hydrogen-bond acceptors (Lipinski definition) is 5. The summed E-state index contributed by atoms with van der Waals surface area (Å²) < 4.78 is 13.3. The highest BCUT2D eigenvalue weighted by Crippen LogP contribution is 2.42. The predicted molar refractivity (Wildman–Crippen MR) is 125 cm³/mol. The number of hydrazone groups is 1. The number of rotatable bonds is 5. The molecule has 0 spiro atoms. The Hall–Kier alpha value is -1.39. The van der Waals surface area contributed by atoms with Crippen molar-refractivity contribution < 1.29 is 9.16 Å². The van der Waals surface area contributed by atoms with Crippen LogP contribution in [0.4, 0.5) is 0 Å². The van der Waals surface area contributed by atoms with Gasteiger partial charge in [-0.1, -0.05) is 38.4 Å². The van der Waals surface area contributed by atoms with Gasteiger partial charge in [0.25, 0.3) is 0 Å². The summed E-state index contributed by atoms with van der Waals surface area (Å²) in [5.41, 5.74) is 3.19. The van der Waals surface area contributed by atoms with Crippen molar-refractivity contribution in [2.45, 2.75) is 90.4 Å². The molecule has 164 valence electrons. The molecule has 0 N–H and O–H groups in total. The van der Waals surface area contributed by atoms with Crippen LogP contribution in [0.2, 0.25) is 23.2 Å². The Bertz CT molecular complexity index is 886. The average Bonchev–Trinajstić information content (AvgIpc) is 3.16. The molecule has 0 unspecified atom stereocenters. The van der Waals surface area contributed by atoms with Crippen molar-refractivity contribution in [2.75, 3.05) is 6.54 Å². The zero-order chi connectivity index (χ0) is 22.4. The zero-order valence-electron chi connectivity index (χ0n) is 19.4. The minimum atomic E-state index is -1.92. The van der Waals surface area contributed by atoms with Crippen molar-refractivity contribution in [3.8, 4) is 6.07 Å². The second kappa shape index (κ2) is 8.27. The molecule has 1 fully saturated rings. The third-order valence-electron chi connectivity index (χ3n) is 6.64. The van der Waals surface area contributed by atoms with E-state index in [0.717, 1.165) is 29.8 Å². The van der Waals surface area contributed by atoms with E-state index in [9.17, 15) is 5.26 Å². The first kappa shape index (κ1) is 23.3. The Balaban J connectivity index is 1.97. The van der Waals surface area contributed by atoms with Crippen LogP contribution >= 0.6 is 11.6 Å². The van der Waals surface area contributed by atoms with E-state index in [-0.39, 0.29) is 29.4 Å². The highest BCUT2D eigenvalue weighted by Gasteiger charge is 2.51. The maximum Gasteiger partial charge on any atom is 0.192 e. The molecule has 30 heavy (non-hydrogen) atoms.